The fourth-order valence-corrected chi connectivity index (χ4v) is 4.76. The van der Waals surface area contributed by atoms with Gasteiger partial charge in [-0.2, -0.15) is 0 Å². The lowest BCUT2D eigenvalue weighted by atomic mass is 10.1. The van der Waals surface area contributed by atoms with Crippen LogP contribution in [0.5, 0.6) is 5.75 Å². The van der Waals surface area contributed by atoms with Crippen molar-refractivity contribution in [3.63, 3.8) is 0 Å². The minimum atomic E-state index is -0.527. The molecule has 230 valence electrons. The molecule has 0 aliphatic rings. The Balaban J connectivity index is 1.66. The van der Waals surface area contributed by atoms with Gasteiger partial charge in [0.25, 0.3) is 22.7 Å². The van der Waals surface area contributed by atoms with Crippen LogP contribution in [-0.4, -0.2) is 26.8 Å². The first-order valence-electron chi connectivity index (χ1n) is 13.3. The van der Waals surface area contributed by atoms with Crippen molar-refractivity contribution < 1.29 is 24.4 Å². The van der Waals surface area contributed by atoms with Crippen LogP contribution in [0, 0.1) is 40.5 Å². The normalized spacial score (nSPS) is 10.5. The Labute approximate surface area is 259 Å². The summed E-state index contributed by atoms with van der Waals surface area (Å²) in [6.45, 7) is 0. The first-order valence-corrected chi connectivity index (χ1v) is 13.3. The number of non-ortho nitro benzene ring substituents is 4. The Morgan fingerprint density at radius 1 is 0.435 bits per heavy atom. The van der Waals surface area contributed by atoms with Gasteiger partial charge < -0.3 is 14.5 Å². The number of nitro groups is 4. The van der Waals surface area contributed by atoms with Gasteiger partial charge in [-0.15, -0.1) is 0 Å². The second kappa shape index (κ2) is 12.8. The van der Waals surface area contributed by atoms with Gasteiger partial charge in [0.1, 0.15) is 5.75 Å². The number of hydrogen-bond donors (Lipinski definition) is 0. The van der Waals surface area contributed by atoms with E-state index in [0.717, 1.165) is 0 Å². The number of benzene rings is 5. The van der Waals surface area contributed by atoms with Crippen molar-refractivity contribution in [1.82, 2.24) is 0 Å². The van der Waals surface area contributed by atoms with Gasteiger partial charge in [0.05, 0.1) is 32.5 Å². The van der Waals surface area contributed by atoms with Crippen LogP contribution in [0.3, 0.4) is 0 Å². The Hall–Kier alpha value is -6.90. The van der Waals surface area contributed by atoms with E-state index in [4.69, 9.17) is 4.74 Å². The van der Waals surface area contributed by atoms with Gasteiger partial charge in [-0.3, -0.25) is 40.5 Å². The van der Waals surface area contributed by atoms with Crippen LogP contribution in [0.4, 0.5) is 56.9 Å². The Morgan fingerprint density at radius 2 is 0.717 bits per heavy atom. The zero-order chi connectivity index (χ0) is 33.0. The van der Waals surface area contributed by atoms with E-state index in [1.54, 1.807) is 52.3 Å². The number of rotatable bonds is 11. The highest BCUT2D eigenvalue weighted by atomic mass is 16.6. The van der Waals surface area contributed by atoms with Crippen molar-refractivity contribution in [3.05, 3.63) is 156 Å². The second-order valence-corrected chi connectivity index (χ2v) is 9.62. The maximum Gasteiger partial charge on any atom is 0.269 e. The van der Waals surface area contributed by atoms with Crippen molar-refractivity contribution >= 4 is 56.9 Å². The molecule has 0 N–H and O–H groups in total. The van der Waals surface area contributed by atoms with Crippen LogP contribution in [0.15, 0.2) is 115 Å². The highest BCUT2D eigenvalue weighted by molar-refractivity contribution is 5.85. The molecule has 0 heterocycles. The average Bonchev–Trinajstić information content (AvgIpc) is 3.06. The molecule has 0 atom stereocenters. The molecule has 5 aromatic rings. The van der Waals surface area contributed by atoms with Crippen LogP contribution >= 0.6 is 0 Å². The highest BCUT2D eigenvalue weighted by Crippen LogP contribution is 2.45. The smallest absolute Gasteiger partial charge is 0.269 e. The molecule has 5 aromatic carbocycles. The molecule has 15 nitrogen and oxygen atoms in total. The molecule has 0 aliphatic carbocycles. The third kappa shape index (κ3) is 6.23. The van der Waals surface area contributed by atoms with Crippen molar-refractivity contribution in [2.24, 2.45) is 0 Å². The number of nitro benzene ring substituents is 4. The summed E-state index contributed by atoms with van der Waals surface area (Å²) in [6, 6.07) is 28.1. The minimum Gasteiger partial charge on any atom is -0.494 e. The van der Waals surface area contributed by atoms with E-state index in [2.05, 4.69) is 0 Å². The molecule has 0 spiro atoms. The average molecular weight is 623 g/mol. The summed E-state index contributed by atoms with van der Waals surface area (Å²) in [7, 11) is 1.44. The van der Waals surface area contributed by atoms with Crippen molar-refractivity contribution in [1.29, 1.82) is 0 Å². The molecule has 0 aliphatic heterocycles. The zero-order valence-corrected chi connectivity index (χ0v) is 23.8. The van der Waals surface area contributed by atoms with Gasteiger partial charge in [-0.1, -0.05) is 0 Å². The molecule has 0 bridgehead atoms. The summed E-state index contributed by atoms with van der Waals surface area (Å²) in [5.41, 5.74) is 2.50. The maximum absolute atomic E-state index is 11.3. The Morgan fingerprint density at radius 3 is 1.00 bits per heavy atom. The van der Waals surface area contributed by atoms with Crippen LogP contribution < -0.4 is 14.5 Å². The zero-order valence-electron chi connectivity index (χ0n) is 23.8. The first-order chi connectivity index (χ1) is 22.1. The van der Waals surface area contributed by atoms with Crippen molar-refractivity contribution in [2.75, 3.05) is 16.9 Å². The predicted octanol–water partition coefficient (Wildman–Crippen LogP) is 8.27. The van der Waals surface area contributed by atoms with Gasteiger partial charge in [0, 0.05) is 83.0 Å². The number of ether oxygens (including phenoxy) is 1. The fourth-order valence-electron chi connectivity index (χ4n) is 4.76. The van der Waals surface area contributed by atoms with Crippen LogP contribution in [0.25, 0.3) is 0 Å². The van der Waals surface area contributed by atoms with E-state index in [1.807, 2.05) is 0 Å². The lowest BCUT2D eigenvalue weighted by Gasteiger charge is -2.29. The van der Waals surface area contributed by atoms with E-state index in [1.165, 1.54) is 79.9 Å². The van der Waals surface area contributed by atoms with Gasteiger partial charge >= 0.3 is 0 Å². The number of methoxy groups -OCH3 is 1. The minimum absolute atomic E-state index is 0.123. The molecule has 0 aromatic heterocycles. The molecule has 0 saturated heterocycles. The van der Waals surface area contributed by atoms with Crippen LogP contribution in [0.2, 0.25) is 0 Å². The number of nitrogens with zero attached hydrogens (tertiary/aromatic N) is 6. The molecular weight excluding hydrogens is 600 g/mol. The topological polar surface area (TPSA) is 188 Å². The SMILES string of the molecule is COc1cc(N(c2ccc([N+](=O)[O-])cc2)c2ccc([N+](=O)[O-])cc2)ccc1N(c1ccc([N+](=O)[O-])cc1)c1ccc([N+](=O)[O-])cc1. The van der Waals surface area contributed by atoms with Gasteiger partial charge in [-0.25, -0.2) is 0 Å². The molecular formula is C31H22N6O9. The number of anilines is 6. The standard InChI is InChI=1S/C31H22N6O9/c1-46-31-20-29(32(21-2-10-25(11-3-21)34(38)39)22-4-12-26(13-5-22)35(40)41)18-19-30(31)33(23-6-14-27(15-7-23)36(42)43)24-8-16-28(17-9-24)37(44)45/h2-20H,1H3. The van der Waals surface area contributed by atoms with Gasteiger partial charge in [0.2, 0.25) is 0 Å². The van der Waals surface area contributed by atoms with E-state index >= 15 is 0 Å². The summed E-state index contributed by atoms with van der Waals surface area (Å²) in [5, 5.41) is 45.2. The van der Waals surface area contributed by atoms with Gasteiger partial charge in [0.15, 0.2) is 0 Å². The van der Waals surface area contributed by atoms with E-state index in [-0.39, 0.29) is 22.7 Å². The lowest BCUT2D eigenvalue weighted by molar-refractivity contribution is -0.385. The van der Waals surface area contributed by atoms with Crippen molar-refractivity contribution in [2.45, 2.75) is 0 Å². The van der Waals surface area contributed by atoms with E-state index in [0.29, 0.717) is 39.9 Å². The molecule has 0 fully saturated rings. The van der Waals surface area contributed by atoms with Crippen LogP contribution in [-0.2, 0) is 0 Å². The molecule has 0 amide bonds. The third-order valence-corrected chi connectivity index (χ3v) is 6.94. The summed E-state index contributed by atoms with van der Waals surface area (Å²) >= 11 is 0. The summed E-state index contributed by atoms with van der Waals surface area (Å²) < 4.78 is 5.79. The second-order valence-electron chi connectivity index (χ2n) is 9.62. The Kier molecular flexibility index (Phi) is 8.48. The Bertz CT molecular complexity index is 1820. The quantitative estimate of drug-likeness (QED) is 0.102. The first kappa shape index (κ1) is 30.6. The summed E-state index contributed by atoms with van der Waals surface area (Å²) in [6.07, 6.45) is 0. The molecule has 0 radical (unpaired) electrons. The maximum atomic E-state index is 11.3. The lowest BCUT2D eigenvalue weighted by Crippen LogP contribution is -2.13. The highest BCUT2D eigenvalue weighted by Gasteiger charge is 2.22. The molecule has 0 unspecified atom stereocenters. The predicted molar refractivity (Wildman–Crippen MR) is 169 cm³/mol. The van der Waals surface area contributed by atoms with Crippen LogP contribution in [0.1, 0.15) is 0 Å². The van der Waals surface area contributed by atoms with E-state index < -0.39 is 19.7 Å². The molecule has 5 rings (SSSR count). The largest absolute Gasteiger partial charge is 0.494 e. The van der Waals surface area contributed by atoms with E-state index in [9.17, 15) is 40.5 Å². The summed E-state index contributed by atoms with van der Waals surface area (Å²) in [4.78, 5) is 46.5. The monoisotopic (exact) mass is 622 g/mol. The number of hydrogen-bond acceptors (Lipinski definition) is 11. The molecule has 46 heavy (non-hydrogen) atoms. The molecule has 15 heteroatoms. The third-order valence-electron chi connectivity index (χ3n) is 6.94. The fraction of sp³-hybridized carbons (Fsp3) is 0.0323. The van der Waals surface area contributed by atoms with Crippen molar-refractivity contribution in [3.8, 4) is 5.75 Å². The summed E-state index contributed by atoms with van der Waals surface area (Å²) in [5.74, 6) is 0.322. The van der Waals surface area contributed by atoms with Gasteiger partial charge in [-0.05, 0) is 60.7 Å². The molecule has 0 saturated carbocycles.